The van der Waals surface area contributed by atoms with Crippen LogP contribution < -0.4 is 5.73 Å². The Labute approximate surface area is 98.9 Å². The van der Waals surface area contributed by atoms with Crippen LogP contribution in [0.15, 0.2) is 17.5 Å². The minimum Gasteiger partial charge on any atom is -0.321 e. The smallest absolute Gasteiger partial charge is 0.191 e. The zero-order chi connectivity index (χ0) is 11.8. The van der Waals surface area contributed by atoms with Crippen LogP contribution in [-0.2, 0) is 0 Å². The van der Waals surface area contributed by atoms with Crippen molar-refractivity contribution < 1.29 is 0 Å². The number of aromatic amines is 1. The van der Waals surface area contributed by atoms with E-state index in [1.807, 2.05) is 17.5 Å². The van der Waals surface area contributed by atoms with E-state index in [2.05, 4.69) is 36.0 Å². The Morgan fingerprint density at radius 3 is 2.75 bits per heavy atom. The Morgan fingerprint density at radius 1 is 1.44 bits per heavy atom. The van der Waals surface area contributed by atoms with E-state index in [0.29, 0.717) is 0 Å². The quantitative estimate of drug-likeness (QED) is 0.842. The topological polar surface area (TPSA) is 67.6 Å². The third-order valence-corrected chi connectivity index (χ3v) is 3.34. The molecule has 5 heteroatoms. The first-order valence-electron chi connectivity index (χ1n) is 5.20. The predicted molar refractivity (Wildman–Crippen MR) is 66.1 cm³/mol. The summed E-state index contributed by atoms with van der Waals surface area (Å²) in [5.41, 5.74) is 6.09. The van der Waals surface area contributed by atoms with Gasteiger partial charge < -0.3 is 5.73 Å². The highest BCUT2D eigenvalue weighted by Gasteiger charge is 2.25. The molecule has 2 rings (SSSR count). The Kier molecular flexibility index (Phi) is 2.82. The van der Waals surface area contributed by atoms with Crippen LogP contribution in [0.2, 0.25) is 0 Å². The van der Waals surface area contributed by atoms with Crippen LogP contribution in [0.3, 0.4) is 0 Å². The van der Waals surface area contributed by atoms with Gasteiger partial charge in [0.15, 0.2) is 5.82 Å². The molecule has 0 radical (unpaired) electrons. The second kappa shape index (κ2) is 3.99. The summed E-state index contributed by atoms with van der Waals surface area (Å²) >= 11 is 1.62. The molecule has 0 fully saturated rings. The number of hydrogen-bond donors (Lipinski definition) is 2. The normalized spacial score (nSPS) is 14.0. The molecule has 0 aliphatic rings. The van der Waals surface area contributed by atoms with Crippen molar-refractivity contribution in [3.05, 3.63) is 23.3 Å². The summed E-state index contributed by atoms with van der Waals surface area (Å²) in [6.45, 7) is 6.26. The van der Waals surface area contributed by atoms with Crippen LogP contribution in [0.5, 0.6) is 0 Å². The van der Waals surface area contributed by atoms with Gasteiger partial charge in [-0.2, -0.15) is 5.10 Å². The maximum absolute atomic E-state index is 6.11. The van der Waals surface area contributed by atoms with Gasteiger partial charge in [0.05, 0.1) is 10.9 Å². The summed E-state index contributed by atoms with van der Waals surface area (Å²) in [4.78, 5) is 5.50. The molecule has 0 unspecified atom stereocenters. The summed E-state index contributed by atoms with van der Waals surface area (Å²) in [6.07, 6.45) is 0. The molecule has 0 amide bonds. The highest BCUT2D eigenvalue weighted by molar-refractivity contribution is 7.13. The number of nitrogens with one attached hydrogen (secondary N) is 1. The van der Waals surface area contributed by atoms with E-state index in [1.165, 1.54) is 0 Å². The fourth-order valence-corrected chi connectivity index (χ4v) is 2.00. The largest absolute Gasteiger partial charge is 0.321 e. The molecule has 2 heterocycles. The highest BCUT2D eigenvalue weighted by Crippen LogP contribution is 2.29. The Morgan fingerprint density at radius 2 is 2.19 bits per heavy atom. The third-order valence-electron chi connectivity index (χ3n) is 2.47. The van der Waals surface area contributed by atoms with Crippen molar-refractivity contribution in [1.82, 2.24) is 15.2 Å². The predicted octanol–water partition coefficient (Wildman–Crippen LogP) is 2.58. The lowest BCUT2D eigenvalue weighted by Gasteiger charge is -2.24. The Bertz CT molecular complexity index is 453. The maximum Gasteiger partial charge on any atom is 0.191 e. The number of H-pyrrole nitrogens is 1. The Hall–Kier alpha value is -1.20. The van der Waals surface area contributed by atoms with Crippen LogP contribution >= 0.6 is 11.3 Å². The molecular weight excluding hydrogens is 220 g/mol. The van der Waals surface area contributed by atoms with Crippen molar-refractivity contribution in [2.24, 2.45) is 11.1 Å². The fraction of sp³-hybridized carbons (Fsp3) is 0.455. The molecule has 0 aliphatic carbocycles. The summed E-state index contributed by atoms with van der Waals surface area (Å²) in [5.74, 6) is 1.47. The second-order valence-electron chi connectivity index (χ2n) is 4.87. The number of aromatic nitrogens is 3. The van der Waals surface area contributed by atoms with Crippen LogP contribution in [0, 0.1) is 5.41 Å². The van der Waals surface area contributed by atoms with Gasteiger partial charge in [0.25, 0.3) is 0 Å². The van der Waals surface area contributed by atoms with Crippen molar-refractivity contribution in [3.8, 4) is 10.7 Å². The molecule has 2 aromatic heterocycles. The molecule has 2 aromatic rings. The molecular formula is C11H16N4S. The van der Waals surface area contributed by atoms with Crippen LogP contribution in [-0.4, -0.2) is 15.2 Å². The fourth-order valence-electron chi connectivity index (χ4n) is 1.34. The zero-order valence-electron chi connectivity index (χ0n) is 9.69. The SMILES string of the molecule is CC(C)(C)[C@@H](N)c1nc(-c2cccs2)n[nH]1. The van der Waals surface area contributed by atoms with Crippen molar-refractivity contribution in [2.45, 2.75) is 26.8 Å². The van der Waals surface area contributed by atoms with E-state index in [1.54, 1.807) is 11.3 Å². The number of nitrogens with two attached hydrogens (primary N) is 1. The monoisotopic (exact) mass is 236 g/mol. The van der Waals surface area contributed by atoms with Crippen LogP contribution in [0.1, 0.15) is 32.6 Å². The summed E-state index contributed by atoms with van der Waals surface area (Å²) in [7, 11) is 0. The van der Waals surface area contributed by atoms with E-state index >= 15 is 0 Å². The first-order valence-corrected chi connectivity index (χ1v) is 6.08. The lowest BCUT2D eigenvalue weighted by atomic mass is 9.87. The molecule has 0 saturated heterocycles. The minimum absolute atomic E-state index is 0.0216. The number of nitrogens with zero attached hydrogens (tertiary/aromatic N) is 2. The molecule has 0 aromatic carbocycles. The van der Waals surface area contributed by atoms with Gasteiger partial charge in [-0.1, -0.05) is 26.8 Å². The van der Waals surface area contributed by atoms with Crippen molar-refractivity contribution in [1.29, 1.82) is 0 Å². The lowest BCUT2D eigenvalue weighted by molar-refractivity contribution is 0.316. The van der Waals surface area contributed by atoms with Gasteiger partial charge in [-0.15, -0.1) is 11.3 Å². The molecule has 1 atom stereocenters. The van der Waals surface area contributed by atoms with Crippen LogP contribution in [0.4, 0.5) is 0 Å². The van der Waals surface area contributed by atoms with E-state index in [0.717, 1.165) is 16.5 Å². The van der Waals surface area contributed by atoms with Crippen molar-refractivity contribution in [3.63, 3.8) is 0 Å². The van der Waals surface area contributed by atoms with Gasteiger partial charge in [-0.25, -0.2) is 4.98 Å². The van der Waals surface area contributed by atoms with Gasteiger partial charge >= 0.3 is 0 Å². The zero-order valence-corrected chi connectivity index (χ0v) is 10.5. The minimum atomic E-state index is -0.131. The lowest BCUT2D eigenvalue weighted by Crippen LogP contribution is -2.27. The molecule has 3 N–H and O–H groups in total. The summed E-state index contributed by atoms with van der Waals surface area (Å²) in [5, 5.41) is 9.12. The Balaban J connectivity index is 2.27. The first kappa shape index (κ1) is 11.3. The molecule has 16 heavy (non-hydrogen) atoms. The third kappa shape index (κ3) is 2.15. The van der Waals surface area contributed by atoms with E-state index in [-0.39, 0.29) is 11.5 Å². The number of hydrogen-bond acceptors (Lipinski definition) is 4. The second-order valence-corrected chi connectivity index (χ2v) is 5.81. The summed E-state index contributed by atoms with van der Waals surface area (Å²) < 4.78 is 0. The van der Waals surface area contributed by atoms with E-state index in [4.69, 9.17) is 5.73 Å². The number of thiophene rings is 1. The van der Waals surface area contributed by atoms with Gasteiger partial charge in [-0.05, 0) is 16.9 Å². The molecule has 4 nitrogen and oxygen atoms in total. The van der Waals surface area contributed by atoms with E-state index < -0.39 is 0 Å². The molecule has 0 aliphatic heterocycles. The molecule has 0 bridgehead atoms. The first-order chi connectivity index (χ1) is 7.48. The average molecular weight is 236 g/mol. The van der Waals surface area contributed by atoms with Crippen molar-refractivity contribution in [2.75, 3.05) is 0 Å². The van der Waals surface area contributed by atoms with E-state index in [9.17, 15) is 0 Å². The maximum atomic E-state index is 6.11. The molecule has 86 valence electrons. The number of rotatable bonds is 2. The van der Waals surface area contributed by atoms with Gasteiger partial charge in [0.1, 0.15) is 5.82 Å². The van der Waals surface area contributed by atoms with Gasteiger partial charge in [-0.3, -0.25) is 5.10 Å². The van der Waals surface area contributed by atoms with Crippen LogP contribution in [0.25, 0.3) is 10.7 Å². The standard InChI is InChI=1S/C11H16N4S/c1-11(2,3)8(12)10-13-9(14-15-10)7-5-4-6-16-7/h4-6,8H,12H2,1-3H3,(H,13,14,15)/t8-/m0/s1. The summed E-state index contributed by atoms with van der Waals surface area (Å²) in [6, 6.07) is 3.86. The molecule has 0 spiro atoms. The van der Waals surface area contributed by atoms with Gasteiger partial charge in [0.2, 0.25) is 0 Å². The molecule has 0 saturated carbocycles. The highest BCUT2D eigenvalue weighted by atomic mass is 32.1. The van der Waals surface area contributed by atoms with Gasteiger partial charge in [0, 0.05) is 0 Å². The average Bonchev–Trinajstić information content (AvgIpc) is 2.85. The van der Waals surface area contributed by atoms with Crippen molar-refractivity contribution >= 4 is 11.3 Å².